The summed E-state index contributed by atoms with van der Waals surface area (Å²) >= 11 is 0. The molecule has 1 fully saturated rings. The molecule has 7 nitrogen and oxygen atoms in total. The van der Waals surface area contributed by atoms with Crippen LogP contribution in [-0.2, 0) is 6.18 Å². The third-order valence-corrected chi connectivity index (χ3v) is 5.13. The van der Waals surface area contributed by atoms with Gasteiger partial charge in [0.05, 0.1) is 5.56 Å². The van der Waals surface area contributed by atoms with E-state index in [1.807, 2.05) is 20.8 Å². The van der Waals surface area contributed by atoms with E-state index < -0.39 is 17.6 Å². The Balaban J connectivity index is 1.64. The summed E-state index contributed by atoms with van der Waals surface area (Å²) in [7, 11) is 0. The topological polar surface area (TPSA) is 91.3 Å². The molecule has 33 heavy (non-hydrogen) atoms. The molecule has 3 rings (SSSR count). The number of halogens is 3. The van der Waals surface area contributed by atoms with Crippen LogP contribution in [0.15, 0.2) is 47.7 Å². The zero-order chi connectivity index (χ0) is 24.1. The zero-order valence-corrected chi connectivity index (χ0v) is 18.9. The second-order valence-corrected chi connectivity index (χ2v) is 9.13. The highest BCUT2D eigenvalue weighted by Gasteiger charge is 2.30. The first kappa shape index (κ1) is 24.5. The maximum absolute atomic E-state index is 12.8. The quantitative estimate of drug-likeness (QED) is 0.461. The van der Waals surface area contributed by atoms with E-state index in [-0.39, 0.29) is 23.2 Å². The Morgan fingerprint density at radius 2 is 1.55 bits per heavy atom. The fourth-order valence-electron chi connectivity index (χ4n) is 3.55. The van der Waals surface area contributed by atoms with Gasteiger partial charge in [-0.2, -0.15) is 18.2 Å². The van der Waals surface area contributed by atoms with Gasteiger partial charge in [0.25, 0.3) is 5.91 Å². The van der Waals surface area contributed by atoms with Crippen LogP contribution >= 0.6 is 0 Å². The molecule has 1 aromatic heterocycles. The number of nitrogens with zero attached hydrogens (tertiary/aromatic N) is 3. The number of amides is 1. The second kappa shape index (κ2) is 10.2. The standard InChI is InChI=1S/C23H29F3N6O/c1-22(2,3)32-21(31-19(33)15-5-7-16(8-6-15)23(24,25)26)30-18-11-9-17(10-12-18)29-20-27-13-4-14-28-20/h4-8,13-14,17-18H,9-12H2,1-3H3,(H,27,28,29)(H2,30,31,32,33)/t17-,18-. The Hall–Kier alpha value is -3.17. The van der Waals surface area contributed by atoms with Crippen molar-refractivity contribution < 1.29 is 18.0 Å². The lowest BCUT2D eigenvalue weighted by atomic mass is 9.91. The monoisotopic (exact) mass is 462 g/mol. The smallest absolute Gasteiger partial charge is 0.353 e. The molecule has 0 spiro atoms. The van der Waals surface area contributed by atoms with E-state index >= 15 is 0 Å². The van der Waals surface area contributed by atoms with Crippen LogP contribution in [0.2, 0.25) is 0 Å². The molecule has 0 radical (unpaired) electrons. The van der Waals surface area contributed by atoms with Crippen molar-refractivity contribution >= 4 is 17.8 Å². The number of rotatable bonds is 4. The van der Waals surface area contributed by atoms with Crippen LogP contribution in [0.3, 0.4) is 0 Å². The number of carbonyl (C=O) groups is 1. The molecule has 1 aromatic carbocycles. The van der Waals surface area contributed by atoms with Crippen LogP contribution in [0.4, 0.5) is 19.1 Å². The number of hydrogen-bond donors (Lipinski definition) is 3. The highest BCUT2D eigenvalue weighted by Crippen LogP contribution is 2.29. The summed E-state index contributed by atoms with van der Waals surface area (Å²) in [5.41, 5.74) is -1.08. The first-order valence-corrected chi connectivity index (χ1v) is 10.9. The van der Waals surface area contributed by atoms with E-state index in [4.69, 9.17) is 0 Å². The Labute approximate surface area is 191 Å². The summed E-state index contributed by atoms with van der Waals surface area (Å²) in [5, 5.41) is 9.84. The highest BCUT2D eigenvalue weighted by atomic mass is 19.4. The van der Waals surface area contributed by atoms with Gasteiger partial charge in [0.15, 0.2) is 5.96 Å². The summed E-state index contributed by atoms with van der Waals surface area (Å²) in [6.07, 6.45) is 2.42. The average Bonchev–Trinajstić information content (AvgIpc) is 2.74. The average molecular weight is 463 g/mol. The Morgan fingerprint density at radius 1 is 0.970 bits per heavy atom. The Morgan fingerprint density at radius 3 is 2.09 bits per heavy atom. The molecule has 1 amide bonds. The molecule has 0 atom stereocenters. The van der Waals surface area contributed by atoms with Crippen molar-refractivity contribution in [1.82, 2.24) is 20.6 Å². The summed E-state index contributed by atoms with van der Waals surface area (Å²) in [4.78, 5) is 25.2. The molecule has 1 heterocycles. The number of guanidine groups is 1. The SMILES string of the molecule is CC(C)(C)N/C(=N/C(=O)c1ccc(C(F)(F)F)cc1)N[C@H]1CC[C@H](Nc2ncccn2)CC1. The molecule has 0 unspecified atom stereocenters. The lowest BCUT2D eigenvalue weighted by Gasteiger charge is -2.32. The van der Waals surface area contributed by atoms with Crippen molar-refractivity contribution in [3.05, 3.63) is 53.9 Å². The summed E-state index contributed by atoms with van der Waals surface area (Å²) in [6.45, 7) is 5.81. The first-order valence-electron chi connectivity index (χ1n) is 10.9. The van der Waals surface area contributed by atoms with E-state index in [2.05, 4.69) is 30.9 Å². The first-order chi connectivity index (χ1) is 15.5. The molecule has 0 aliphatic heterocycles. The molecule has 1 saturated carbocycles. The maximum atomic E-state index is 12.8. The minimum absolute atomic E-state index is 0.0915. The van der Waals surface area contributed by atoms with Crippen molar-refractivity contribution in [2.75, 3.05) is 5.32 Å². The molecule has 0 saturated heterocycles. The van der Waals surface area contributed by atoms with Gasteiger partial charge < -0.3 is 16.0 Å². The number of aliphatic imine (C=N–C) groups is 1. The second-order valence-electron chi connectivity index (χ2n) is 9.13. The van der Waals surface area contributed by atoms with E-state index in [1.54, 1.807) is 18.5 Å². The molecule has 1 aliphatic carbocycles. The van der Waals surface area contributed by atoms with E-state index in [1.165, 1.54) is 0 Å². The van der Waals surface area contributed by atoms with E-state index in [9.17, 15) is 18.0 Å². The minimum atomic E-state index is -4.45. The van der Waals surface area contributed by atoms with Gasteiger partial charge in [0.2, 0.25) is 5.95 Å². The predicted molar refractivity (Wildman–Crippen MR) is 121 cm³/mol. The van der Waals surface area contributed by atoms with Gasteiger partial charge in [-0.25, -0.2) is 9.97 Å². The number of aromatic nitrogens is 2. The third kappa shape index (κ3) is 7.73. The number of anilines is 1. The number of nitrogens with one attached hydrogen (secondary N) is 3. The molecule has 1 aliphatic rings. The number of alkyl halides is 3. The van der Waals surface area contributed by atoms with Crippen molar-refractivity contribution in [3.63, 3.8) is 0 Å². The van der Waals surface area contributed by atoms with Crippen LogP contribution in [-0.4, -0.2) is 39.5 Å². The summed E-state index contributed by atoms with van der Waals surface area (Å²) < 4.78 is 38.3. The Kier molecular flexibility index (Phi) is 7.55. The van der Waals surface area contributed by atoms with Crippen molar-refractivity contribution in [2.45, 2.75) is 70.3 Å². The number of benzene rings is 1. The van der Waals surface area contributed by atoms with Gasteiger partial charge in [-0.15, -0.1) is 0 Å². The lowest BCUT2D eigenvalue weighted by Crippen LogP contribution is -2.52. The van der Waals surface area contributed by atoms with E-state index in [0.29, 0.717) is 11.9 Å². The van der Waals surface area contributed by atoms with Crippen LogP contribution in [0.1, 0.15) is 62.4 Å². The van der Waals surface area contributed by atoms with Crippen LogP contribution in [0.25, 0.3) is 0 Å². The van der Waals surface area contributed by atoms with Crippen LogP contribution < -0.4 is 16.0 Å². The van der Waals surface area contributed by atoms with Crippen LogP contribution in [0, 0.1) is 0 Å². The molecule has 10 heteroatoms. The number of carbonyl (C=O) groups excluding carboxylic acids is 1. The summed E-state index contributed by atoms with van der Waals surface area (Å²) in [5.74, 6) is 0.308. The Bertz CT molecular complexity index is 947. The lowest BCUT2D eigenvalue weighted by molar-refractivity contribution is -0.137. The van der Waals surface area contributed by atoms with Crippen LogP contribution in [0.5, 0.6) is 0 Å². The van der Waals surface area contributed by atoms with Gasteiger partial charge in [0.1, 0.15) is 0 Å². The van der Waals surface area contributed by atoms with Crippen molar-refractivity contribution in [2.24, 2.45) is 4.99 Å². The predicted octanol–water partition coefficient (Wildman–Crippen LogP) is 4.39. The van der Waals surface area contributed by atoms with Gasteiger partial charge in [-0.05, 0) is 76.8 Å². The molecule has 0 bridgehead atoms. The van der Waals surface area contributed by atoms with Gasteiger partial charge in [-0.1, -0.05) is 0 Å². The largest absolute Gasteiger partial charge is 0.416 e. The van der Waals surface area contributed by atoms with Crippen molar-refractivity contribution in [3.8, 4) is 0 Å². The molecule has 2 aromatic rings. The highest BCUT2D eigenvalue weighted by molar-refractivity contribution is 6.02. The van der Waals surface area contributed by atoms with E-state index in [0.717, 1.165) is 49.9 Å². The molecule has 178 valence electrons. The summed E-state index contributed by atoms with van der Waals surface area (Å²) in [6, 6.07) is 6.19. The normalized spacial score (nSPS) is 19.6. The molecular weight excluding hydrogens is 433 g/mol. The van der Waals surface area contributed by atoms with Gasteiger partial charge >= 0.3 is 6.18 Å². The number of hydrogen-bond acceptors (Lipinski definition) is 4. The van der Waals surface area contributed by atoms with Gasteiger partial charge in [0, 0.05) is 35.6 Å². The fraction of sp³-hybridized carbons (Fsp3) is 0.478. The fourth-order valence-corrected chi connectivity index (χ4v) is 3.55. The third-order valence-electron chi connectivity index (χ3n) is 5.13. The minimum Gasteiger partial charge on any atom is -0.353 e. The zero-order valence-electron chi connectivity index (χ0n) is 18.9. The van der Waals surface area contributed by atoms with Gasteiger partial charge in [-0.3, -0.25) is 4.79 Å². The molecule has 3 N–H and O–H groups in total. The maximum Gasteiger partial charge on any atom is 0.416 e. The van der Waals surface area contributed by atoms with Crippen molar-refractivity contribution in [1.29, 1.82) is 0 Å². The molecular formula is C23H29F3N6O.